The first kappa shape index (κ1) is 16.3. The van der Waals surface area contributed by atoms with E-state index in [-0.39, 0.29) is 12.5 Å². The lowest BCUT2D eigenvalue weighted by atomic mass is 10.1. The maximum atomic E-state index is 12.3. The van der Waals surface area contributed by atoms with Crippen molar-refractivity contribution in [3.8, 4) is 22.8 Å². The summed E-state index contributed by atoms with van der Waals surface area (Å²) in [5.74, 6) is 0.927. The standard InChI is InChI=1S/C16H16N2O5S2/c19-15(14-3-1-2-6-25(14,20)21)18-16-17-11(8-24-16)10-4-5-12-13(7-10)23-9-22-12/h4-5,7-8,14H,1-3,6,9H2,(H,17,18,19)/t14-/m0/s1. The fourth-order valence-corrected chi connectivity index (χ4v) is 5.48. The molecule has 0 spiro atoms. The second-order valence-corrected chi connectivity index (χ2v) is 9.11. The quantitative estimate of drug-likeness (QED) is 0.879. The van der Waals surface area contributed by atoms with E-state index in [0.717, 1.165) is 12.0 Å². The Labute approximate surface area is 148 Å². The normalized spacial score (nSPS) is 21.0. The third kappa shape index (κ3) is 3.21. The third-order valence-electron chi connectivity index (χ3n) is 4.27. The molecule has 25 heavy (non-hydrogen) atoms. The number of amides is 1. The van der Waals surface area contributed by atoms with E-state index < -0.39 is 21.0 Å². The molecule has 4 rings (SSSR count). The lowest BCUT2D eigenvalue weighted by Gasteiger charge is -2.20. The van der Waals surface area contributed by atoms with Crippen LogP contribution in [0.1, 0.15) is 19.3 Å². The molecule has 0 radical (unpaired) electrons. The Morgan fingerprint density at radius 3 is 2.92 bits per heavy atom. The second-order valence-electron chi connectivity index (χ2n) is 5.95. The van der Waals surface area contributed by atoms with E-state index in [1.807, 2.05) is 23.6 Å². The van der Waals surface area contributed by atoms with Crippen molar-refractivity contribution in [1.82, 2.24) is 4.98 Å². The monoisotopic (exact) mass is 380 g/mol. The molecule has 1 aromatic carbocycles. The van der Waals surface area contributed by atoms with Crippen LogP contribution in [-0.2, 0) is 14.6 Å². The summed E-state index contributed by atoms with van der Waals surface area (Å²) in [7, 11) is -3.36. The van der Waals surface area contributed by atoms with Crippen LogP contribution >= 0.6 is 11.3 Å². The van der Waals surface area contributed by atoms with E-state index in [1.54, 1.807) is 0 Å². The highest BCUT2D eigenvalue weighted by Gasteiger charge is 2.35. The van der Waals surface area contributed by atoms with Crippen LogP contribution < -0.4 is 14.8 Å². The van der Waals surface area contributed by atoms with Gasteiger partial charge in [-0.15, -0.1) is 11.3 Å². The summed E-state index contributed by atoms with van der Waals surface area (Å²) in [4.78, 5) is 16.7. The topological polar surface area (TPSA) is 94.6 Å². The lowest BCUT2D eigenvalue weighted by molar-refractivity contribution is -0.116. The van der Waals surface area contributed by atoms with Gasteiger partial charge in [-0.1, -0.05) is 6.42 Å². The third-order valence-corrected chi connectivity index (χ3v) is 7.21. The molecule has 1 saturated heterocycles. The van der Waals surface area contributed by atoms with Gasteiger partial charge in [0.2, 0.25) is 12.7 Å². The van der Waals surface area contributed by atoms with Crippen molar-refractivity contribution < 1.29 is 22.7 Å². The molecule has 132 valence electrons. The van der Waals surface area contributed by atoms with Crippen LogP contribution in [0.5, 0.6) is 11.5 Å². The number of nitrogens with one attached hydrogen (secondary N) is 1. The fourth-order valence-electron chi connectivity index (χ4n) is 2.95. The summed E-state index contributed by atoms with van der Waals surface area (Å²) in [6.45, 7) is 0.201. The van der Waals surface area contributed by atoms with Crippen LogP contribution in [0.3, 0.4) is 0 Å². The zero-order chi connectivity index (χ0) is 17.4. The molecule has 0 aliphatic carbocycles. The first-order valence-corrected chi connectivity index (χ1v) is 10.5. The molecule has 3 heterocycles. The average molecular weight is 380 g/mol. The molecule has 0 bridgehead atoms. The number of hydrogen-bond donors (Lipinski definition) is 1. The Hall–Kier alpha value is -2.13. The SMILES string of the molecule is O=C(Nc1nc(-c2ccc3c(c2)OCO3)cs1)[C@@H]1CCCCS1(=O)=O. The summed E-state index contributed by atoms with van der Waals surface area (Å²) < 4.78 is 34.7. The maximum Gasteiger partial charge on any atom is 0.244 e. The molecule has 0 unspecified atom stereocenters. The Bertz CT molecular complexity index is 922. The predicted octanol–water partition coefficient (Wildman–Crippen LogP) is 2.44. The number of fused-ring (bicyclic) bond motifs is 1. The molecule has 7 nitrogen and oxygen atoms in total. The summed E-state index contributed by atoms with van der Waals surface area (Å²) in [6.07, 6.45) is 1.74. The van der Waals surface area contributed by atoms with Gasteiger partial charge in [-0.2, -0.15) is 0 Å². The van der Waals surface area contributed by atoms with Gasteiger partial charge >= 0.3 is 0 Å². The second kappa shape index (κ2) is 6.30. The van der Waals surface area contributed by atoms with Crippen molar-refractivity contribution in [2.24, 2.45) is 0 Å². The van der Waals surface area contributed by atoms with Crippen molar-refractivity contribution in [3.63, 3.8) is 0 Å². The van der Waals surface area contributed by atoms with Crippen LogP contribution in [0.15, 0.2) is 23.6 Å². The zero-order valence-corrected chi connectivity index (χ0v) is 14.9. The van der Waals surface area contributed by atoms with E-state index in [2.05, 4.69) is 10.3 Å². The Morgan fingerprint density at radius 2 is 2.08 bits per heavy atom. The molecule has 1 amide bonds. The van der Waals surface area contributed by atoms with Crippen LogP contribution in [0.2, 0.25) is 0 Å². The Morgan fingerprint density at radius 1 is 1.24 bits per heavy atom. The molecular formula is C16H16N2O5S2. The Kier molecular flexibility index (Phi) is 4.12. The first-order valence-electron chi connectivity index (χ1n) is 7.91. The molecule has 1 N–H and O–H groups in total. The van der Waals surface area contributed by atoms with E-state index in [4.69, 9.17) is 9.47 Å². The van der Waals surface area contributed by atoms with Crippen molar-refractivity contribution in [2.75, 3.05) is 17.9 Å². The highest BCUT2D eigenvalue weighted by atomic mass is 32.2. The van der Waals surface area contributed by atoms with Crippen LogP contribution in [0, 0.1) is 0 Å². The highest BCUT2D eigenvalue weighted by molar-refractivity contribution is 7.92. The number of rotatable bonds is 3. The van der Waals surface area contributed by atoms with Crippen LogP contribution in [-0.4, -0.2) is 37.1 Å². The van der Waals surface area contributed by atoms with Gasteiger partial charge in [-0.3, -0.25) is 4.79 Å². The van der Waals surface area contributed by atoms with Gasteiger partial charge in [-0.05, 0) is 31.0 Å². The summed E-state index contributed by atoms with van der Waals surface area (Å²) in [5.41, 5.74) is 1.52. The molecule has 1 atom stereocenters. The van der Waals surface area contributed by atoms with Gasteiger partial charge in [-0.25, -0.2) is 13.4 Å². The molecule has 1 fully saturated rings. The number of benzene rings is 1. The number of ether oxygens (including phenoxy) is 2. The molecule has 2 aromatic rings. The van der Waals surface area contributed by atoms with E-state index >= 15 is 0 Å². The number of thiazole rings is 1. The molecule has 2 aliphatic rings. The van der Waals surface area contributed by atoms with E-state index in [9.17, 15) is 13.2 Å². The van der Waals surface area contributed by atoms with Gasteiger partial charge in [0.1, 0.15) is 5.25 Å². The van der Waals surface area contributed by atoms with Gasteiger partial charge < -0.3 is 14.8 Å². The number of aromatic nitrogens is 1. The van der Waals surface area contributed by atoms with Crippen LogP contribution in [0.25, 0.3) is 11.3 Å². The summed E-state index contributed by atoms with van der Waals surface area (Å²) in [5, 5.41) is 3.87. The summed E-state index contributed by atoms with van der Waals surface area (Å²) >= 11 is 1.26. The number of carbonyl (C=O) groups is 1. The van der Waals surface area contributed by atoms with Gasteiger partial charge in [0.05, 0.1) is 11.4 Å². The van der Waals surface area contributed by atoms with Crippen molar-refractivity contribution in [2.45, 2.75) is 24.5 Å². The van der Waals surface area contributed by atoms with Crippen LogP contribution in [0.4, 0.5) is 5.13 Å². The molecular weight excluding hydrogens is 364 g/mol. The molecule has 2 aliphatic heterocycles. The number of nitrogens with zero attached hydrogens (tertiary/aromatic N) is 1. The number of hydrogen-bond acceptors (Lipinski definition) is 7. The van der Waals surface area contributed by atoms with E-state index in [0.29, 0.717) is 35.2 Å². The minimum atomic E-state index is -3.36. The van der Waals surface area contributed by atoms with Crippen molar-refractivity contribution >= 4 is 32.2 Å². The minimum absolute atomic E-state index is 0.0748. The molecule has 1 aromatic heterocycles. The predicted molar refractivity (Wildman–Crippen MR) is 93.7 cm³/mol. The molecule has 9 heteroatoms. The number of carbonyl (C=O) groups excluding carboxylic acids is 1. The first-order chi connectivity index (χ1) is 12.0. The Balaban J connectivity index is 1.51. The van der Waals surface area contributed by atoms with Crippen molar-refractivity contribution in [1.29, 1.82) is 0 Å². The zero-order valence-electron chi connectivity index (χ0n) is 13.2. The minimum Gasteiger partial charge on any atom is -0.454 e. The largest absolute Gasteiger partial charge is 0.454 e. The van der Waals surface area contributed by atoms with Crippen molar-refractivity contribution in [3.05, 3.63) is 23.6 Å². The number of sulfone groups is 1. The fraction of sp³-hybridized carbons (Fsp3) is 0.375. The maximum absolute atomic E-state index is 12.3. The van der Waals surface area contributed by atoms with Gasteiger partial charge in [0.15, 0.2) is 26.5 Å². The summed E-state index contributed by atoms with van der Waals surface area (Å²) in [6, 6.07) is 5.50. The smallest absolute Gasteiger partial charge is 0.244 e. The van der Waals surface area contributed by atoms with E-state index in [1.165, 1.54) is 11.3 Å². The molecule has 0 saturated carbocycles. The van der Waals surface area contributed by atoms with Gasteiger partial charge in [0, 0.05) is 10.9 Å². The number of anilines is 1. The lowest BCUT2D eigenvalue weighted by Crippen LogP contribution is -2.39. The average Bonchev–Trinajstić information content (AvgIpc) is 3.22. The highest BCUT2D eigenvalue weighted by Crippen LogP contribution is 2.36. The van der Waals surface area contributed by atoms with Gasteiger partial charge in [0.25, 0.3) is 0 Å².